The summed E-state index contributed by atoms with van der Waals surface area (Å²) in [6.07, 6.45) is 1.81. The normalized spacial score (nSPS) is 13.8. The molecule has 178 valence electrons. The third kappa shape index (κ3) is 6.85. The smallest absolute Gasteiger partial charge is 0.315 e. The summed E-state index contributed by atoms with van der Waals surface area (Å²) in [6, 6.07) is 6.80. The van der Waals surface area contributed by atoms with Gasteiger partial charge in [0, 0.05) is 11.9 Å². The zero-order valence-electron chi connectivity index (χ0n) is 18.7. The Morgan fingerprint density at radius 2 is 1.97 bits per heavy atom. The van der Waals surface area contributed by atoms with Crippen LogP contribution in [0.4, 0.5) is 4.79 Å². The van der Waals surface area contributed by atoms with Crippen molar-refractivity contribution in [3.05, 3.63) is 46.2 Å². The fourth-order valence-corrected chi connectivity index (χ4v) is 4.32. The van der Waals surface area contributed by atoms with E-state index in [0.29, 0.717) is 30.0 Å². The molecule has 2 atom stereocenters. The van der Waals surface area contributed by atoms with E-state index in [-0.39, 0.29) is 19.1 Å². The lowest BCUT2D eigenvalue weighted by Crippen LogP contribution is -2.50. The zero-order valence-corrected chi connectivity index (χ0v) is 19.5. The van der Waals surface area contributed by atoms with E-state index >= 15 is 0 Å². The molecule has 33 heavy (non-hydrogen) atoms. The lowest BCUT2D eigenvalue weighted by Gasteiger charge is -2.26. The van der Waals surface area contributed by atoms with E-state index in [2.05, 4.69) is 10.6 Å². The summed E-state index contributed by atoms with van der Waals surface area (Å²) in [5.74, 6) is -0.190. The molecule has 0 unspecified atom stereocenters. The van der Waals surface area contributed by atoms with Crippen LogP contribution < -0.4 is 20.1 Å². The Balaban J connectivity index is 1.68. The van der Waals surface area contributed by atoms with Gasteiger partial charge in [-0.3, -0.25) is 9.59 Å². The van der Waals surface area contributed by atoms with E-state index in [1.165, 1.54) is 0 Å². The van der Waals surface area contributed by atoms with Crippen LogP contribution in [-0.2, 0) is 16.1 Å². The highest BCUT2D eigenvalue weighted by molar-refractivity contribution is 7.09. The SMILES string of the molecule is CCCC[C@@H](NC(=O)N[C@H](CC(=O)O)c1ccc2c(c1)OCO2)C(=O)N(C)Cc1cccs1. The molecule has 3 N–H and O–H groups in total. The predicted octanol–water partition coefficient (Wildman–Crippen LogP) is 3.51. The average Bonchev–Trinajstić information content (AvgIpc) is 3.46. The number of benzene rings is 1. The first kappa shape index (κ1) is 24.4. The molecule has 0 fully saturated rings. The minimum Gasteiger partial charge on any atom is -0.481 e. The van der Waals surface area contributed by atoms with Gasteiger partial charge in [0.25, 0.3) is 0 Å². The fourth-order valence-electron chi connectivity index (χ4n) is 3.56. The summed E-state index contributed by atoms with van der Waals surface area (Å²) in [5.41, 5.74) is 0.572. The number of carboxylic acid groups (broad SMARTS) is 1. The van der Waals surface area contributed by atoms with Gasteiger partial charge < -0.3 is 30.1 Å². The number of fused-ring (bicyclic) bond motifs is 1. The van der Waals surface area contributed by atoms with Crippen molar-refractivity contribution < 1.29 is 29.0 Å². The molecule has 9 nitrogen and oxygen atoms in total. The van der Waals surface area contributed by atoms with Crippen LogP contribution in [0.2, 0.25) is 0 Å². The van der Waals surface area contributed by atoms with Crippen LogP contribution in [0.5, 0.6) is 11.5 Å². The number of hydrogen-bond donors (Lipinski definition) is 3. The maximum Gasteiger partial charge on any atom is 0.315 e. The average molecular weight is 476 g/mol. The lowest BCUT2D eigenvalue weighted by atomic mass is 10.0. The number of carboxylic acids is 1. The number of carbonyl (C=O) groups is 3. The third-order valence-corrected chi connectivity index (χ3v) is 6.14. The van der Waals surface area contributed by atoms with Crippen LogP contribution >= 0.6 is 11.3 Å². The van der Waals surface area contributed by atoms with Gasteiger partial charge in [0.05, 0.1) is 19.0 Å². The van der Waals surface area contributed by atoms with E-state index in [1.54, 1.807) is 41.5 Å². The first-order valence-electron chi connectivity index (χ1n) is 10.8. The topological polar surface area (TPSA) is 117 Å². The molecule has 2 heterocycles. The summed E-state index contributed by atoms with van der Waals surface area (Å²) >= 11 is 1.56. The number of carbonyl (C=O) groups excluding carboxylic acids is 2. The van der Waals surface area contributed by atoms with Crippen molar-refractivity contribution >= 4 is 29.2 Å². The first-order chi connectivity index (χ1) is 15.9. The maximum absolute atomic E-state index is 13.0. The molecule has 0 bridgehead atoms. The van der Waals surface area contributed by atoms with Gasteiger partial charge in [0.15, 0.2) is 11.5 Å². The summed E-state index contributed by atoms with van der Waals surface area (Å²) in [7, 11) is 1.71. The van der Waals surface area contributed by atoms with Crippen molar-refractivity contribution in [3.8, 4) is 11.5 Å². The summed E-state index contributed by atoms with van der Waals surface area (Å²) < 4.78 is 10.7. The second-order valence-electron chi connectivity index (χ2n) is 7.85. The van der Waals surface area contributed by atoms with Gasteiger partial charge in [-0.15, -0.1) is 11.3 Å². The van der Waals surface area contributed by atoms with Crippen LogP contribution in [0.1, 0.15) is 49.1 Å². The third-order valence-electron chi connectivity index (χ3n) is 5.28. The lowest BCUT2D eigenvalue weighted by molar-refractivity contribution is -0.137. The van der Waals surface area contributed by atoms with Crippen molar-refractivity contribution in [1.29, 1.82) is 0 Å². The maximum atomic E-state index is 13.0. The Morgan fingerprint density at radius 1 is 1.18 bits per heavy atom. The van der Waals surface area contributed by atoms with Crippen LogP contribution in [0.3, 0.4) is 0 Å². The number of urea groups is 1. The van der Waals surface area contributed by atoms with E-state index in [1.807, 2.05) is 24.4 Å². The van der Waals surface area contributed by atoms with E-state index in [0.717, 1.165) is 17.7 Å². The molecular formula is C23H29N3O6S. The number of ether oxygens (including phenoxy) is 2. The Morgan fingerprint density at radius 3 is 2.67 bits per heavy atom. The van der Waals surface area contributed by atoms with Crippen LogP contribution in [0.25, 0.3) is 0 Å². The monoisotopic (exact) mass is 475 g/mol. The number of amides is 3. The molecule has 3 rings (SSSR count). The molecule has 1 aromatic heterocycles. The number of nitrogens with one attached hydrogen (secondary N) is 2. The summed E-state index contributed by atoms with van der Waals surface area (Å²) in [5, 5.41) is 16.8. The summed E-state index contributed by atoms with van der Waals surface area (Å²) in [4.78, 5) is 39.9. The molecule has 3 amide bonds. The van der Waals surface area contributed by atoms with E-state index in [9.17, 15) is 19.5 Å². The highest BCUT2D eigenvalue weighted by atomic mass is 32.1. The number of aliphatic carboxylic acids is 1. The predicted molar refractivity (Wildman–Crippen MR) is 123 cm³/mol. The highest BCUT2D eigenvalue weighted by Crippen LogP contribution is 2.34. The molecule has 0 saturated carbocycles. The minimum absolute atomic E-state index is 0.0938. The Labute approximate surface area is 196 Å². The largest absolute Gasteiger partial charge is 0.481 e. The van der Waals surface area contributed by atoms with Gasteiger partial charge in [-0.1, -0.05) is 31.9 Å². The van der Waals surface area contributed by atoms with Gasteiger partial charge in [0.2, 0.25) is 12.7 Å². The van der Waals surface area contributed by atoms with Crippen molar-refractivity contribution in [2.75, 3.05) is 13.8 Å². The van der Waals surface area contributed by atoms with Crippen molar-refractivity contribution in [2.45, 2.75) is 51.2 Å². The van der Waals surface area contributed by atoms with Crippen molar-refractivity contribution in [2.24, 2.45) is 0 Å². The highest BCUT2D eigenvalue weighted by Gasteiger charge is 2.26. The number of thiophene rings is 1. The number of rotatable bonds is 11. The number of unbranched alkanes of at least 4 members (excludes halogenated alkanes) is 1. The molecule has 0 radical (unpaired) electrons. The quantitative estimate of drug-likeness (QED) is 0.458. The van der Waals surface area contributed by atoms with E-state index in [4.69, 9.17) is 9.47 Å². The molecule has 1 aliphatic rings. The Hall–Kier alpha value is -3.27. The number of likely N-dealkylation sites (N-methyl/N-ethyl adjacent to an activating group) is 1. The molecule has 0 aliphatic carbocycles. The summed E-state index contributed by atoms with van der Waals surface area (Å²) in [6.45, 7) is 2.57. The molecule has 2 aromatic rings. The Kier molecular flexibility index (Phi) is 8.53. The molecule has 1 aromatic carbocycles. The fraction of sp³-hybridized carbons (Fsp3) is 0.435. The molecule has 1 aliphatic heterocycles. The molecule has 0 saturated heterocycles. The van der Waals surface area contributed by atoms with E-state index < -0.39 is 24.1 Å². The van der Waals surface area contributed by atoms with Gasteiger partial charge in [-0.05, 0) is 35.6 Å². The Bertz CT molecular complexity index is 965. The standard InChI is InChI=1S/C23H29N3O6S/c1-3-4-7-17(22(29)26(2)13-16-6-5-10-33-16)24-23(30)25-18(12-21(27)28)15-8-9-19-20(11-15)32-14-31-19/h5-6,8-11,17-18H,3-4,7,12-14H2,1-2H3,(H,27,28)(H2,24,25,30)/t17-,18-/m1/s1. The van der Waals surface area contributed by atoms with Crippen LogP contribution in [0.15, 0.2) is 35.7 Å². The zero-order chi connectivity index (χ0) is 23.8. The van der Waals surface area contributed by atoms with Crippen molar-refractivity contribution in [3.63, 3.8) is 0 Å². The second-order valence-corrected chi connectivity index (χ2v) is 8.88. The van der Waals surface area contributed by atoms with Crippen molar-refractivity contribution in [1.82, 2.24) is 15.5 Å². The van der Waals surface area contributed by atoms with Gasteiger partial charge >= 0.3 is 12.0 Å². The molecular weight excluding hydrogens is 446 g/mol. The second kappa shape index (κ2) is 11.6. The molecule has 0 spiro atoms. The first-order valence-corrected chi connectivity index (χ1v) is 11.7. The van der Waals surface area contributed by atoms with Gasteiger partial charge in [-0.2, -0.15) is 0 Å². The number of hydrogen-bond acceptors (Lipinski definition) is 6. The van der Waals surface area contributed by atoms with Crippen LogP contribution in [0, 0.1) is 0 Å². The van der Waals surface area contributed by atoms with Gasteiger partial charge in [0.1, 0.15) is 6.04 Å². The minimum atomic E-state index is -1.06. The van der Waals surface area contributed by atoms with Crippen LogP contribution in [-0.4, -0.2) is 47.8 Å². The number of nitrogens with zero attached hydrogens (tertiary/aromatic N) is 1. The molecule has 10 heteroatoms. The van der Waals surface area contributed by atoms with Gasteiger partial charge in [-0.25, -0.2) is 4.79 Å².